The van der Waals surface area contributed by atoms with Crippen LogP contribution in [0.1, 0.15) is 20.3 Å². The predicted octanol–water partition coefficient (Wildman–Crippen LogP) is -0.801. The quantitative estimate of drug-likeness (QED) is 0.486. The zero-order valence-corrected chi connectivity index (χ0v) is 7.60. The molecule has 72 valence electrons. The number of aliphatic hydroxyl groups excluding tert-OH is 1. The Kier molecular flexibility index (Phi) is 3.06. The van der Waals surface area contributed by atoms with Crippen LogP contribution in [0.4, 0.5) is 0 Å². The van der Waals surface area contributed by atoms with Crippen molar-refractivity contribution in [3.8, 4) is 0 Å². The lowest BCUT2D eigenvalue weighted by Gasteiger charge is -2.38. The maximum atomic E-state index is 9.54. The fourth-order valence-corrected chi connectivity index (χ4v) is 1.52. The van der Waals surface area contributed by atoms with E-state index in [9.17, 15) is 5.11 Å². The Bertz CT molecular complexity index is 152. The number of hydrogen-bond donors (Lipinski definition) is 3. The van der Waals surface area contributed by atoms with Crippen LogP contribution in [0.15, 0.2) is 0 Å². The minimum absolute atomic E-state index is 0.00981. The van der Waals surface area contributed by atoms with Crippen molar-refractivity contribution in [1.82, 2.24) is 0 Å². The number of nitrogens with two attached hydrogens (primary N) is 2. The first-order valence-electron chi connectivity index (χ1n) is 4.37. The van der Waals surface area contributed by atoms with Gasteiger partial charge in [0.05, 0.1) is 18.3 Å². The maximum absolute atomic E-state index is 9.54. The van der Waals surface area contributed by atoms with Gasteiger partial charge in [0.2, 0.25) is 0 Å². The number of aliphatic hydroxyl groups is 1. The zero-order valence-electron chi connectivity index (χ0n) is 7.60. The first-order chi connectivity index (χ1) is 5.52. The minimum Gasteiger partial charge on any atom is -0.390 e. The van der Waals surface area contributed by atoms with Gasteiger partial charge in [0, 0.05) is 12.1 Å². The van der Waals surface area contributed by atoms with Crippen LogP contribution in [-0.2, 0) is 4.74 Å². The molecule has 5 N–H and O–H groups in total. The molecule has 0 amide bonds. The summed E-state index contributed by atoms with van der Waals surface area (Å²) in [4.78, 5) is 0. The van der Waals surface area contributed by atoms with Gasteiger partial charge in [0.1, 0.15) is 0 Å². The molecule has 0 bridgehead atoms. The van der Waals surface area contributed by atoms with Crippen molar-refractivity contribution in [1.29, 1.82) is 0 Å². The van der Waals surface area contributed by atoms with Crippen molar-refractivity contribution in [2.45, 2.75) is 50.7 Å². The average molecular weight is 174 g/mol. The Morgan fingerprint density at radius 3 is 2.67 bits per heavy atom. The van der Waals surface area contributed by atoms with Gasteiger partial charge in [-0.25, -0.2) is 0 Å². The van der Waals surface area contributed by atoms with E-state index < -0.39 is 6.10 Å². The summed E-state index contributed by atoms with van der Waals surface area (Å²) in [5, 5.41) is 9.54. The van der Waals surface area contributed by atoms with Crippen molar-refractivity contribution < 1.29 is 9.84 Å². The summed E-state index contributed by atoms with van der Waals surface area (Å²) in [5.74, 6) is 0. The molecular formula is C8H18N2O2. The van der Waals surface area contributed by atoms with Crippen molar-refractivity contribution in [3.05, 3.63) is 0 Å². The van der Waals surface area contributed by atoms with Crippen molar-refractivity contribution in [2.75, 3.05) is 0 Å². The van der Waals surface area contributed by atoms with Crippen LogP contribution in [0.2, 0.25) is 0 Å². The highest BCUT2D eigenvalue weighted by Crippen LogP contribution is 2.20. The van der Waals surface area contributed by atoms with E-state index in [1.807, 2.05) is 13.8 Å². The highest BCUT2D eigenvalue weighted by molar-refractivity contribution is 4.88. The summed E-state index contributed by atoms with van der Waals surface area (Å²) in [7, 11) is 0. The van der Waals surface area contributed by atoms with Crippen LogP contribution in [0.25, 0.3) is 0 Å². The largest absolute Gasteiger partial charge is 0.390 e. The van der Waals surface area contributed by atoms with Crippen LogP contribution in [-0.4, -0.2) is 35.5 Å². The second-order valence-electron chi connectivity index (χ2n) is 3.63. The molecule has 1 saturated heterocycles. The lowest BCUT2D eigenvalue weighted by molar-refractivity contribution is -0.126. The summed E-state index contributed by atoms with van der Waals surface area (Å²) in [6.45, 7) is 3.74. The Morgan fingerprint density at radius 2 is 2.17 bits per heavy atom. The van der Waals surface area contributed by atoms with E-state index in [1.165, 1.54) is 0 Å². The molecule has 0 aromatic carbocycles. The Balaban J connectivity index is 2.55. The normalized spacial score (nSPS) is 45.8. The molecule has 1 rings (SSSR count). The zero-order chi connectivity index (χ0) is 9.30. The van der Waals surface area contributed by atoms with Gasteiger partial charge in [-0.05, 0) is 20.3 Å². The SMILES string of the molecule is CC(N)C1O[C@H](C)C(N)CC1O. The third kappa shape index (κ3) is 1.95. The van der Waals surface area contributed by atoms with E-state index in [0.29, 0.717) is 6.42 Å². The summed E-state index contributed by atoms with van der Waals surface area (Å²) < 4.78 is 5.47. The van der Waals surface area contributed by atoms with Gasteiger partial charge in [0.15, 0.2) is 0 Å². The summed E-state index contributed by atoms with van der Waals surface area (Å²) in [6, 6.07) is -0.218. The van der Waals surface area contributed by atoms with Gasteiger partial charge in [0.25, 0.3) is 0 Å². The van der Waals surface area contributed by atoms with Gasteiger partial charge >= 0.3 is 0 Å². The first kappa shape index (κ1) is 9.92. The number of hydrogen-bond acceptors (Lipinski definition) is 4. The Morgan fingerprint density at radius 1 is 1.58 bits per heavy atom. The second kappa shape index (κ2) is 3.70. The third-order valence-electron chi connectivity index (χ3n) is 2.39. The summed E-state index contributed by atoms with van der Waals surface area (Å²) in [5.41, 5.74) is 11.3. The van der Waals surface area contributed by atoms with E-state index >= 15 is 0 Å². The third-order valence-corrected chi connectivity index (χ3v) is 2.39. The molecule has 1 fully saturated rings. The van der Waals surface area contributed by atoms with Crippen molar-refractivity contribution in [2.24, 2.45) is 11.5 Å². The van der Waals surface area contributed by atoms with Crippen LogP contribution in [0.3, 0.4) is 0 Å². The van der Waals surface area contributed by atoms with E-state index in [0.717, 1.165) is 0 Å². The molecule has 4 nitrogen and oxygen atoms in total. The molecule has 4 heteroatoms. The summed E-state index contributed by atoms with van der Waals surface area (Å²) in [6.07, 6.45) is -0.215. The maximum Gasteiger partial charge on any atom is 0.0986 e. The van der Waals surface area contributed by atoms with Gasteiger partial charge < -0.3 is 21.3 Å². The molecule has 0 aromatic rings. The fourth-order valence-electron chi connectivity index (χ4n) is 1.52. The molecule has 0 radical (unpaired) electrons. The molecule has 0 aliphatic carbocycles. The fraction of sp³-hybridized carbons (Fsp3) is 1.00. The Hall–Kier alpha value is -0.160. The number of ether oxygens (including phenoxy) is 1. The van der Waals surface area contributed by atoms with Crippen LogP contribution >= 0.6 is 0 Å². The first-order valence-corrected chi connectivity index (χ1v) is 4.37. The molecule has 5 atom stereocenters. The van der Waals surface area contributed by atoms with E-state index in [-0.39, 0.29) is 24.3 Å². The van der Waals surface area contributed by atoms with Crippen molar-refractivity contribution in [3.63, 3.8) is 0 Å². The molecule has 1 aliphatic rings. The standard InChI is InChI=1S/C8H18N2O2/c1-4(9)8-7(11)3-6(10)5(2)12-8/h4-8,11H,3,9-10H2,1-2H3/t4?,5-,6?,7?,8?/m1/s1. The smallest absolute Gasteiger partial charge is 0.0986 e. The molecule has 1 heterocycles. The molecular weight excluding hydrogens is 156 g/mol. The van der Waals surface area contributed by atoms with Crippen molar-refractivity contribution >= 4 is 0 Å². The highest BCUT2D eigenvalue weighted by Gasteiger charge is 2.34. The number of rotatable bonds is 1. The van der Waals surface area contributed by atoms with Gasteiger partial charge in [-0.1, -0.05) is 0 Å². The molecule has 4 unspecified atom stereocenters. The minimum atomic E-state index is -0.517. The lowest BCUT2D eigenvalue weighted by Crippen LogP contribution is -2.55. The second-order valence-corrected chi connectivity index (χ2v) is 3.63. The summed E-state index contributed by atoms with van der Waals surface area (Å²) >= 11 is 0. The molecule has 0 saturated carbocycles. The monoisotopic (exact) mass is 174 g/mol. The lowest BCUT2D eigenvalue weighted by atomic mass is 9.94. The highest BCUT2D eigenvalue weighted by atomic mass is 16.5. The van der Waals surface area contributed by atoms with Gasteiger partial charge in [-0.15, -0.1) is 0 Å². The molecule has 0 spiro atoms. The van der Waals surface area contributed by atoms with E-state index in [1.54, 1.807) is 0 Å². The van der Waals surface area contributed by atoms with E-state index in [2.05, 4.69) is 0 Å². The average Bonchev–Trinajstić information content (AvgIpc) is 1.96. The van der Waals surface area contributed by atoms with Crippen LogP contribution in [0.5, 0.6) is 0 Å². The Labute approximate surface area is 72.9 Å². The van der Waals surface area contributed by atoms with Gasteiger partial charge in [-0.3, -0.25) is 0 Å². The molecule has 1 aliphatic heterocycles. The van der Waals surface area contributed by atoms with E-state index in [4.69, 9.17) is 16.2 Å². The molecule has 0 aromatic heterocycles. The topological polar surface area (TPSA) is 81.5 Å². The molecule has 12 heavy (non-hydrogen) atoms. The van der Waals surface area contributed by atoms with Gasteiger partial charge in [-0.2, -0.15) is 0 Å². The predicted molar refractivity (Wildman–Crippen MR) is 46.6 cm³/mol. The van der Waals surface area contributed by atoms with Crippen LogP contribution in [0, 0.1) is 0 Å². The van der Waals surface area contributed by atoms with Crippen LogP contribution < -0.4 is 11.5 Å².